The van der Waals surface area contributed by atoms with Gasteiger partial charge in [0.25, 0.3) is 5.91 Å². The van der Waals surface area contributed by atoms with Crippen molar-refractivity contribution in [3.05, 3.63) is 39.5 Å². The fourth-order valence-electron chi connectivity index (χ4n) is 2.65. The number of fused-ring (bicyclic) bond motifs is 1. The Bertz CT molecular complexity index is 890. The van der Waals surface area contributed by atoms with E-state index in [-0.39, 0.29) is 18.1 Å². The van der Waals surface area contributed by atoms with E-state index < -0.39 is 10.8 Å². The first-order valence-corrected chi connectivity index (χ1v) is 10.2. The van der Waals surface area contributed by atoms with Crippen molar-refractivity contribution < 1.29 is 13.7 Å². The molecule has 1 amide bonds. The lowest BCUT2D eigenvalue weighted by Gasteiger charge is -2.23. The molecule has 9 heteroatoms. The summed E-state index contributed by atoms with van der Waals surface area (Å²) in [5.41, 5.74) is 1.28. The molecule has 1 aromatic heterocycles. The Hall–Kier alpha value is -1.57. The summed E-state index contributed by atoms with van der Waals surface area (Å²) in [6.45, 7) is 5.76. The van der Waals surface area contributed by atoms with Gasteiger partial charge in [0, 0.05) is 21.4 Å². The van der Waals surface area contributed by atoms with Crippen LogP contribution in [0.2, 0.25) is 10.0 Å². The van der Waals surface area contributed by atoms with E-state index in [1.54, 1.807) is 22.9 Å². The molecular weight excluding hydrogens is 397 g/mol. The molecule has 1 N–H and O–H groups in total. The maximum Gasteiger partial charge on any atom is 0.263 e. The van der Waals surface area contributed by atoms with Gasteiger partial charge in [0.2, 0.25) is 0 Å². The quantitative estimate of drug-likeness (QED) is 0.825. The molecule has 2 aromatic rings. The van der Waals surface area contributed by atoms with Crippen LogP contribution < -0.4 is 10.1 Å². The molecule has 3 rings (SSSR count). The zero-order valence-electron chi connectivity index (χ0n) is 14.6. The van der Waals surface area contributed by atoms with Crippen LogP contribution in [0.5, 0.6) is 5.75 Å². The number of carbonyl (C=O) groups is 1. The molecule has 1 aromatic carbocycles. The van der Waals surface area contributed by atoms with E-state index in [9.17, 15) is 9.00 Å². The van der Waals surface area contributed by atoms with E-state index in [4.69, 9.17) is 27.9 Å². The first kappa shape index (κ1) is 19.2. The van der Waals surface area contributed by atoms with Crippen LogP contribution >= 0.6 is 23.2 Å². The second-order valence-corrected chi connectivity index (χ2v) is 9.30. The molecule has 0 bridgehead atoms. The number of rotatable bonds is 4. The first-order chi connectivity index (χ1) is 12.1. The molecule has 0 aliphatic carbocycles. The number of hydrogen-bond acceptors (Lipinski definition) is 4. The van der Waals surface area contributed by atoms with Gasteiger partial charge in [0.05, 0.1) is 27.8 Å². The van der Waals surface area contributed by atoms with Crippen LogP contribution in [-0.2, 0) is 32.6 Å². The maximum atomic E-state index is 12.4. The van der Waals surface area contributed by atoms with Crippen molar-refractivity contribution in [2.75, 3.05) is 11.9 Å². The number of nitrogens with one attached hydrogen (secondary N) is 1. The number of anilines is 1. The van der Waals surface area contributed by atoms with Crippen molar-refractivity contribution >= 4 is 45.7 Å². The lowest BCUT2D eigenvalue weighted by molar-refractivity contribution is -0.118. The number of amides is 1. The van der Waals surface area contributed by atoms with E-state index in [2.05, 4.69) is 10.4 Å². The highest BCUT2D eigenvalue weighted by atomic mass is 35.5. The average Bonchev–Trinajstić information content (AvgIpc) is 3.03. The monoisotopic (exact) mass is 415 g/mol. The van der Waals surface area contributed by atoms with Gasteiger partial charge in [0.1, 0.15) is 11.6 Å². The standard InChI is InChI=1S/C17H19Cl2N3O3S/c1-17(2,3)22-16(11-8-26(24)9-13(11)21-22)20-15(23)7-25-14-5-4-10(18)6-12(14)19/h4-6H,7-9H2,1-3H3,(H,20,23). The van der Waals surface area contributed by atoms with Crippen LogP contribution in [0.4, 0.5) is 5.82 Å². The van der Waals surface area contributed by atoms with Gasteiger partial charge >= 0.3 is 0 Å². The van der Waals surface area contributed by atoms with Gasteiger partial charge in [0.15, 0.2) is 6.61 Å². The van der Waals surface area contributed by atoms with Crippen LogP contribution in [0.1, 0.15) is 32.0 Å². The molecule has 0 saturated heterocycles. The van der Waals surface area contributed by atoms with Crippen molar-refractivity contribution in [3.8, 4) is 5.75 Å². The topological polar surface area (TPSA) is 73.2 Å². The number of ether oxygens (including phenoxy) is 1. The van der Waals surface area contributed by atoms with Gasteiger partial charge in [-0.25, -0.2) is 4.68 Å². The van der Waals surface area contributed by atoms with Crippen LogP contribution in [-0.4, -0.2) is 26.5 Å². The summed E-state index contributed by atoms with van der Waals surface area (Å²) in [4.78, 5) is 12.4. The molecule has 1 aliphatic heterocycles. The normalized spacial score (nSPS) is 16.4. The van der Waals surface area contributed by atoms with Gasteiger partial charge in [-0.05, 0) is 39.0 Å². The molecule has 1 aliphatic rings. The molecule has 1 atom stereocenters. The predicted molar refractivity (Wildman–Crippen MR) is 103 cm³/mol. The fraction of sp³-hybridized carbons (Fsp3) is 0.412. The van der Waals surface area contributed by atoms with Crippen LogP contribution in [0, 0.1) is 0 Å². The molecule has 2 heterocycles. The van der Waals surface area contributed by atoms with Crippen molar-refractivity contribution in [2.45, 2.75) is 37.8 Å². The summed E-state index contributed by atoms with van der Waals surface area (Å²) in [7, 11) is -0.976. The predicted octanol–water partition coefficient (Wildman–Crippen LogP) is 3.72. The second-order valence-electron chi connectivity index (χ2n) is 7.00. The van der Waals surface area contributed by atoms with Gasteiger partial charge in [-0.3, -0.25) is 9.00 Å². The molecule has 140 valence electrons. The number of halogens is 2. The average molecular weight is 416 g/mol. The number of carbonyl (C=O) groups excluding carboxylic acids is 1. The Morgan fingerprint density at radius 1 is 1.35 bits per heavy atom. The van der Waals surface area contributed by atoms with Crippen LogP contribution in [0.3, 0.4) is 0 Å². The highest BCUT2D eigenvalue weighted by Gasteiger charge is 2.31. The largest absolute Gasteiger partial charge is 0.482 e. The Labute approximate surface area is 164 Å². The molecule has 6 nitrogen and oxygen atoms in total. The summed E-state index contributed by atoms with van der Waals surface area (Å²) < 4.78 is 19.1. The fourth-order valence-corrected chi connectivity index (χ4v) is 4.37. The highest BCUT2D eigenvalue weighted by molar-refractivity contribution is 7.83. The summed E-state index contributed by atoms with van der Waals surface area (Å²) in [6, 6.07) is 4.79. The van der Waals surface area contributed by atoms with E-state index in [1.807, 2.05) is 20.8 Å². The minimum atomic E-state index is -0.976. The van der Waals surface area contributed by atoms with Crippen molar-refractivity contribution in [2.24, 2.45) is 0 Å². The van der Waals surface area contributed by atoms with E-state index in [1.165, 1.54) is 0 Å². The Balaban J connectivity index is 1.76. The van der Waals surface area contributed by atoms with Crippen molar-refractivity contribution in [1.29, 1.82) is 0 Å². The lowest BCUT2D eigenvalue weighted by Crippen LogP contribution is -2.29. The number of nitrogens with zero attached hydrogens (tertiary/aromatic N) is 2. The molecule has 1 unspecified atom stereocenters. The Morgan fingerprint density at radius 3 is 2.73 bits per heavy atom. The summed E-state index contributed by atoms with van der Waals surface area (Å²) >= 11 is 11.9. The number of benzene rings is 1. The Kier molecular flexibility index (Phi) is 5.33. The zero-order valence-corrected chi connectivity index (χ0v) is 17.0. The summed E-state index contributed by atoms with van der Waals surface area (Å²) in [5.74, 6) is 1.42. The van der Waals surface area contributed by atoms with Gasteiger partial charge in [-0.2, -0.15) is 5.10 Å². The summed E-state index contributed by atoms with van der Waals surface area (Å²) in [5, 5.41) is 8.22. The van der Waals surface area contributed by atoms with E-state index in [0.717, 1.165) is 11.3 Å². The van der Waals surface area contributed by atoms with Gasteiger partial charge in [-0.1, -0.05) is 23.2 Å². The van der Waals surface area contributed by atoms with Crippen LogP contribution in [0.15, 0.2) is 18.2 Å². The minimum absolute atomic E-state index is 0.214. The Morgan fingerprint density at radius 2 is 2.08 bits per heavy atom. The molecule has 26 heavy (non-hydrogen) atoms. The molecule has 0 saturated carbocycles. The maximum absolute atomic E-state index is 12.4. The van der Waals surface area contributed by atoms with E-state index in [0.29, 0.717) is 33.1 Å². The van der Waals surface area contributed by atoms with Crippen molar-refractivity contribution in [1.82, 2.24) is 9.78 Å². The lowest BCUT2D eigenvalue weighted by atomic mass is 10.1. The van der Waals surface area contributed by atoms with Crippen LogP contribution in [0.25, 0.3) is 0 Å². The van der Waals surface area contributed by atoms with Gasteiger partial charge < -0.3 is 10.1 Å². The molecule has 0 fully saturated rings. The second kappa shape index (κ2) is 7.21. The third-order valence-corrected chi connectivity index (χ3v) is 5.55. The SMILES string of the molecule is CC(C)(C)n1nc2c(c1NC(=O)COc1ccc(Cl)cc1Cl)CS(=O)C2. The molecule has 0 radical (unpaired) electrons. The third kappa shape index (κ3) is 4.05. The summed E-state index contributed by atoms with van der Waals surface area (Å²) in [6.07, 6.45) is 0. The third-order valence-electron chi connectivity index (χ3n) is 3.82. The van der Waals surface area contributed by atoms with E-state index >= 15 is 0 Å². The zero-order chi connectivity index (χ0) is 19.1. The molecular formula is C17H19Cl2N3O3S. The van der Waals surface area contributed by atoms with Crippen molar-refractivity contribution in [3.63, 3.8) is 0 Å². The van der Waals surface area contributed by atoms with Gasteiger partial charge in [-0.15, -0.1) is 0 Å². The minimum Gasteiger partial charge on any atom is -0.482 e. The highest BCUT2D eigenvalue weighted by Crippen LogP contribution is 2.33. The first-order valence-electron chi connectivity index (χ1n) is 7.99. The number of hydrogen-bond donors (Lipinski definition) is 1. The molecule has 0 spiro atoms. The number of aromatic nitrogens is 2. The smallest absolute Gasteiger partial charge is 0.263 e.